The molecule has 1 nitrogen and oxygen atoms in total. The number of hydrogen-bond donors (Lipinski definition) is 0. The summed E-state index contributed by atoms with van der Waals surface area (Å²) >= 11 is 0. The second-order valence-corrected chi connectivity index (χ2v) is 7.28. The van der Waals surface area contributed by atoms with Gasteiger partial charge >= 0.3 is 0 Å². The van der Waals surface area contributed by atoms with Crippen LogP contribution in [0.4, 0.5) is 4.70 Å². The van der Waals surface area contributed by atoms with E-state index < -0.39 is 0 Å². The lowest BCUT2D eigenvalue weighted by atomic mass is 9.92. The first kappa shape index (κ1) is 21.9. The summed E-state index contributed by atoms with van der Waals surface area (Å²) in [7, 11) is 0. The highest BCUT2D eigenvalue weighted by molar-refractivity contribution is 4.72. The molecule has 0 aromatic heterocycles. The van der Waals surface area contributed by atoms with Gasteiger partial charge in [0.05, 0.1) is 0 Å². The van der Waals surface area contributed by atoms with Gasteiger partial charge in [-0.15, -0.1) is 0 Å². The third-order valence-electron chi connectivity index (χ3n) is 5.15. The van der Waals surface area contributed by atoms with Gasteiger partial charge in [-0.2, -0.15) is 0 Å². The summed E-state index contributed by atoms with van der Waals surface area (Å²) in [6.45, 7) is 8.77. The minimum atomic E-state index is 0. The Bertz CT molecular complexity index is 220. The summed E-state index contributed by atoms with van der Waals surface area (Å²) in [4.78, 5) is 2.76. The average Bonchev–Trinajstić information content (AvgIpc) is 2.52. The number of hydrogen-bond acceptors (Lipinski definition) is 1. The Labute approximate surface area is 139 Å². The lowest BCUT2D eigenvalue weighted by Crippen LogP contribution is -2.36. The molecule has 0 bridgehead atoms. The van der Waals surface area contributed by atoms with E-state index in [2.05, 4.69) is 18.7 Å². The Hall–Kier alpha value is -0.110. The maximum Gasteiger partial charge on any atom is 0.000966 e. The summed E-state index contributed by atoms with van der Waals surface area (Å²) in [6.07, 6.45) is 20.3. The molecule has 0 amide bonds. The van der Waals surface area contributed by atoms with Crippen LogP contribution in [0.3, 0.4) is 0 Å². The molecule has 134 valence electrons. The maximum absolute atomic E-state index is 2.76. The molecule has 0 aromatic carbocycles. The summed E-state index contributed by atoms with van der Waals surface area (Å²) in [5, 5.41) is 0. The first-order chi connectivity index (χ1) is 10.4. The normalized spacial score (nSPS) is 19.1. The van der Waals surface area contributed by atoms with Crippen molar-refractivity contribution in [3.8, 4) is 0 Å². The molecule has 1 atom stereocenters. The summed E-state index contributed by atoms with van der Waals surface area (Å²) in [5.41, 5.74) is 0. The minimum absolute atomic E-state index is 0. The molecule has 1 heterocycles. The van der Waals surface area contributed by atoms with E-state index in [1.165, 1.54) is 110 Å². The van der Waals surface area contributed by atoms with Crippen molar-refractivity contribution in [2.75, 3.05) is 19.6 Å². The predicted octanol–water partition coefficient (Wildman–Crippen LogP) is 6.57. The number of piperidine rings is 1. The number of likely N-dealkylation sites (tertiary alicyclic amines) is 1. The number of nitrogens with zero attached hydrogens (tertiary/aromatic N) is 1. The van der Waals surface area contributed by atoms with Crippen molar-refractivity contribution >= 4 is 0 Å². The summed E-state index contributed by atoms with van der Waals surface area (Å²) in [5.74, 6) is 1.01. The fraction of sp³-hybridized carbons (Fsp3) is 1.00. The van der Waals surface area contributed by atoms with Crippen LogP contribution in [0.25, 0.3) is 0 Å². The second-order valence-electron chi connectivity index (χ2n) is 7.28. The minimum Gasteiger partial charge on any atom is -0.303 e. The van der Waals surface area contributed by atoms with Crippen molar-refractivity contribution in [2.45, 2.75) is 104 Å². The molecular weight excluding hydrogens is 273 g/mol. The smallest absolute Gasteiger partial charge is 0.000966 e. The van der Waals surface area contributed by atoms with Crippen LogP contribution in [-0.4, -0.2) is 24.5 Å². The zero-order chi connectivity index (χ0) is 15.2. The molecule has 1 rings (SSSR count). The highest BCUT2D eigenvalue weighted by Gasteiger charge is 2.18. The molecule has 1 aliphatic rings. The Morgan fingerprint density at radius 2 is 1.36 bits per heavy atom. The average molecular weight is 316 g/mol. The predicted molar refractivity (Wildman–Crippen MR) is 98.4 cm³/mol. The molecule has 0 saturated carbocycles. The van der Waals surface area contributed by atoms with Gasteiger partial charge < -0.3 is 4.90 Å². The SMILES string of the molecule is CCCCCCCCCCCN1CCCC(CCCC)C1.F. The maximum atomic E-state index is 2.76. The third kappa shape index (κ3) is 11.5. The zero-order valence-electron chi connectivity index (χ0n) is 15.5. The number of unbranched alkanes of at least 4 members (excludes halogenated alkanes) is 9. The Balaban J connectivity index is 0.00000441. The van der Waals surface area contributed by atoms with E-state index in [1.54, 1.807) is 0 Å². The fourth-order valence-corrected chi connectivity index (χ4v) is 3.73. The van der Waals surface area contributed by atoms with Gasteiger partial charge in [0.15, 0.2) is 0 Å². The van der Waals surface area contributed by atoms with Crippen LogP contribution < -0.4 is 0 Å². The van der Waals surface area contributed by atoms with E-state index in [-0.39, 0.29) is 4.70 Å². The summed E-state index contributed by atoms with van der Waals surface area (Å²) < 4.78 is 0. The number of halogens is 1. The van der Waals surface area contributed by atoms with Crippen molar-refractivity contribution in [2.24, 2.45) is 5.92 Å². The highest BCUT2D eigenvalue weighted by Crippen LogP contribution is 2.22. The molecule has 0 aromatic rings. The molecule has 22 heavy (non-hydrogen) atoms. The molecular formula is C20H42FN. The Kier molecular flexibility index (Phi) is 15.7. The lowest BCUT2D eigenvalue weighted by Gasteiger charge is -2.32. The molecule has 0 radical (unpaired) electrons. The molecule has 1 unspecified atom stereocenters. The van der Waals surface area contributed by atoms with Gasteiger partial charge in [0.25, 0.3) is 0 Å². The highest BCUT2D eigenvalue weighted by atomic mass is 19.0. The third-order valence-corrected chi connectivity index (χ3v) is 5.15. The van der Waals surface area contributed by atoms with Crippen LogP contribution in [0.2, 0.25) is 0 Å². The monoisotopic (exact) mass is 315 g/mol. The van der Waals surface area contributed by atoms with Crippen LogP contribution >= 0.6 is 0 Å². The molecule has 1 saturated heterocycles. The molecule has 0 spiro atoms. The van der Waals surface area contributed by atoms with Gasteiger partial charge in [-0.3, -0.25) is 4.70 Å². The standard InChI is InChI=1S/C20H41N.FH/c1-3-5-7-8-9-10-11-12-13-17-21-18-14-16-20(19-21)15-6-4-2;/h20H,3-19H2,1-2H3;1H. The quantitative estimate of drug-likeness (QED) is 0.347. The van der Waals surface area contributed by atoms with Crippen LogP contribution in [0.5, 0.6) is 0 Å². The zero-order valence-corrected chi connectivity index (χ0v) is 15.5. The topological polar surface area (TPSA) is 3.24 Å². The van der Waals surface area contributed by atoms with E-state index in [9.17, 15) is 0 Å². The van der Waals surface area contributed by atoms with Gasteiger partial charge in [-0.25, -0.2) is 0 Å². The first-order valence-corrected chi connectivity index (χ1v) is 10.1. The Morgan fingerprint density at radius 1 is 0.773 bits per heavy atom. The molecule has 0 aliphatic carbocycles. The van der Waals surface area contributed by atoms with Gasteiger partial charge in [-0.05, 0) is 44.7 Å². The van der Waals surface area contributed by atoms with Crippen LogP contribution in [0.1, 0.15) is 104 Å². The van der Waals surface area contributed by atoms with Crippen LogP contribution in [0.15, 0.2) is 0 Å². The van der Waals surface area contributed by atoms with Crippen LogP contribution in [-0.2, 0) is 0 Å². The summed E-state index contributed by atoms with van der Waals surface area (Å²) in [6, 6.07) is 0. The van der Waals surface area contributed by atoms with Crippen LogP contribution in [0, 0.1) is 5.92 Å². The van der Waals surface area contributed by atoms with Gasteiger partial charge in [-0.1, -0.05) is 78.1 Å². The van der Waals surface area contributed by atoms with E-state index >= 15 is 0 Å². The van der Waals surface area contributed by atoms with Crippen molar-refractivity contribution in [1.82, 2.24) is 4.90 Å². The van der Waals surface area contributed by atoms with Crippen molar-refractivity contribution < 1.29 is 4.70 Å². The Morgan fingerprint density at radius 3 is 2.00 bits per heavy atom. The van der Waals surface area contributed by atoms with E-state index in [0.29, 0.717) is 0 Å². The van der Waals surface area contributed by atoms with Crippen molar-refractivity contribution in [3.63, 3.8) is 0 Å². The van der Waals surface area contributed by atoms with Crippen molar-refractivity contribution in [1.29, 1.82) is 0 Å². The van der Waals surface area contributed by atoms with E-state index in [0.717, 1.165) is 5.92 Å². The molecule has 0 N–H and O–H groups in total. The lowest BCUT2D eigenvalue weighted by molar-refractivity contribution is 0.164. The second kappa shape index (κ2) is 15.8. The first-order valence-electron chi connectivity index (χ1n) is 10.1. The largest absolute Gasteiger partial charge is 0.303 e. The van der Waals surface area contributed by atoms with Gasteiger partial charge in [0, 0.05) is 6.54 Å². The fourth-order valence-electron chi connectivity index (χ4n) is 3.73. The van der Waals surface area contributed by atoms with E-state index in [1.807, 2.05) is 0 Å². The number of rotatable bonds is 13. The van der Waals surface area contributed by atoms with E-state index in [4.69, 9.17) is 0 Å². The van der Waals surface area contributed by atoms with Gasteiger partial charge in [0.2, 0.25) is 0 Å². The van der Waals surface area contributed by atoms with Gasteiger partial charge in [0.1, 0.15) is 0 Å². The molecule has 1 fully saturated rings. The van der Waals surface area contributed by atoms with Crippen molar-refractivity contribution in [3.05, 3.63) is 0 Å². The molecule has 1 aliphatic heterocycles. The molecule has 2 heteroatoms.